The van der Waals surface area contributed by atoms with Crippen molar-refractivity contribution in [3.63, 3.8) is 0 Å². The molecule has 0 spiro atoms. The highest BCUT2D eigenvalue weighted by Gasteiger charge is 2.14. The van der Waals surface area contributed by atoms with Crippen LogP contribution in [0.3, 0.4) is 0 Å². The van der Waals surface area contributed by atoms with E-state index < -0.39 is 0 Å². The van der Waals surface area contributed by atoms with Crippen LogP contribution < -0.4 is 5.32 Å². The standard InChI is InChI=1S/C12H20BrIN2/c1-10-7-11(13)9-12(8-10)16(5-3-14)6-4-15-2/h8-10,15H,3-7H2,1-2H3. The lowest BCUT2D eigenvalue weighted by Gasteiger charge is -2.28. The minimum Gasteiger partial charge on any atom is -0.370 e. The smallest absolute Gasteiger partial charge is 0.0337 e. The Morgan fingerprint density at radius 3 is 2.88 bits per heavy atom. The van der Waals surface area contributed by atoms with E-state index >= 15 is 0 Å². The Balaban J connectivity index is 2.68. The lowest BCUT2D eigenvalue weighted by molar-refractivity contribution is 0.372. The van der Waals surface area contributed by atoms with Gasteiger partial charge in [-0.1, -0.05) is 51.5 Å². The third-order valence-corrected chi connectivity index (χ3v) is 3.66. The summed E-state index contributed by atoms with van der Waals surface area (Å²) in [5, 5.41) is 3.21. The molecule has 2 nitrogen and oxygen atoms in total. The Hall–Kier alpha value is 0.450. The number of halogens is 2. The molecule has 4 heteroatoms. The van der Waals surface area contributed by atoms with Crippen molar-refractivity contribution in [2.24, 2.45) is 5.92 Å². The van der Waals surface area contributed by atoms with Gasteiger partial charge in [0.05, 0.1) is 0 Å². The average molecular weight is 399 g/mol. The second-order valence-corrected chi connectivity index (χ2v) is 6.24. The van der Waals surface area contributed by atoms with Gasteiger partial charge in [0, 0.05) is 29.8 Å². The predicted molar refractivity (Wildman–Crippen MR) is 83.3 cm³/mol. The molecule has 0 aromatic heterocycles. The zero-order chi connectivity index (χ0) is 12.0. The molecule has 1 aliphatic carbocycles. The van der Waals surface area contributed by atoms with Crippen LogP contribution in [0.15, 0.2) is 22.3 Å². The molecule has 92 valence electrons. The molecule has 0 saturated carbocycles. The van der Waals surface area contributed by atoms with E-state index in [-0.39, 0.29) is 0 Å². The molecule has 16 heavy (non-hydrogen) atoms. The van der Waals surface area contributed by atoms with E-state index in [1.165, 1.54) is 14.6 Å². The fraction of sp³-hybridized carbons (Fsp3) is 0.667. The van der Waals surface area contributed by atoms with Gasteiger partial charge in [0.15, 0.2) is 0 Å². The van der Waals surface area contributed by atoms with Gasteiger partial charge in [0.25, 0.3) is 0 Å². The zero-order valence-corrected chi connectivity index (χ0v) is 13.7. The van der Waals surface area contributed by atoms with Crippen molar-refractivity contribution in [1.82, 2.24) is 10.2 Å². The lowest BCUT2D eigenvalue weighted by Crippen LogP contribution is -2.32. The Morgan fingerprint density at radius 2 is 2.31 bits per heavy atom. The quantitative estimate of drug-likeness (QED) is 0.546. The van der Waals surface area contributed by atoms with E-state index in [0.717, 1.165) is 26.1 Å². The summed E-state index contributed by atoms with van der Waals surface area (Å²) in [7, 11) is 2.01. The molecule has 1 N–H and O–H groups in total. The summed E-state index contributed by atoms with van der Waals surface area (Å²) in [6.07, 6.45) is 5.78. The van der Waals surface area contributed by atoms with Gasteiger partial charge < -0.3 is 10.2 Å². The van der Waals surface area contributed by atoms with Gasteiger partial charge in [0.2, 0.25) is 0 Å². The van der Waals surface area contributed by atoms with Gasteiger partial charge in [0.1, 0.15) is 0 Å². The number of hydrogen-bond donors (Lipinski definition) is 1. The van der Waals surface area contributed by atoms with Crippen molar-refractivity contribution in [2.45, 2.75) is 13.3 Å². The molecule has 0 bridgehead atoms. The Morgan fingerprint density at radius 1 is 1.56 bits per heavy atom. The number of nitrogens with one attached hydrogen (secondary N) is 1. The molecule has 0 fully saturated rings. The summed E-state index contributed by atoms with van der Waals surface area (Å²) < 4.78 is 2.49. The summed E-state index contributed by atoms with van der Waals surface area (Å²) in [6.45, 7) is 5.51. The topological polar surface area (TPSA) is 15.3 Å². The number of likely N-dealkylation sites (N-methyl/N-ethyl adjacent to an activating group) is 1. The van der Waals surface area contributed by atoms with Crippen LogP contribution in [-0.4, -0.2) is 36.0 Å². The molecule has 0 aliphatic heterocycles. The van der Waals surface area contributed by atoms with E-state index in [0.29, 0.717) is 5.92 Å². The second kappa shape index (κ2) is 7.71. The Kier molecular flexibility index (Phi) is 7.00. The third kappa shape index (κ3) is 4.75. The molecule has 1 aliphatic rings. The van der Waals surface area contributed by atoms with Crippen LogP contribution in [0.1, 0.15) is 13.3 Å². The molecule has 0 aromatic rings. The van der Waals surface area contributed by atoms with E-state index in [1.807, 2.05) is 7.05 Å². The number of rotatable bonds is 6. The molecule has 0 heterocycles. The van der Waals surface area contributed by atoms with Gasteiger partial charge in [-0.05, 0) is 29.9 Å². The van der Waals surface area contributed by atoms with E-state index in [4.69, 9.17) is 0 Å². The second-order valence-electron chi connectivity index (χ2n) is 4.14. The maximum atomic E-state index is 3.63. The highest BCUT2D eigenvalue weighted by Crippen LogP contribution is 2.27. The summed E-state index contributed by atoms with van der Waals surface area (Å²) in [4.78, 5) is 2.46. The normalized spacial score (nSPS) is 20.4. The van der Waals surface area contributed by atoms with Crippen LogP contribution in [0.5, 0.6) is 0 Å². The van der Waals surface area contributed by atoms with Crippen LogP contribution in [0, 0.1) is 5.92 Å². The largest absolute Gasteiger partial charge is 0.370 e. The SMILES string of the molecule is CNCCN(CCI)C1=CC(C)CC(Br)=C1. The average Bonchev–Trinajstić information content (AvgIpc) is 2.22. The minimum atomic E-state index is 0.640. The number of alkyl halides is 1. The van der Waals surface area contributed by atoms with Gasteiger partial charge >= 0.3 is 0 Å². The van der Waals surface area contributed by atoms with Crippen LogP contribution in [0.25, 0.3) is 0 Å². The van der Waals surface area contributed by atoms with Crippen molar-refractivity contribution >= 4 is 38.5 Å². The predicted octanol–water partition coefficient (Wildman–Crippen LogP) is 3.15. The summed E-state index contributed by atoms with van der Waals surface area (Å²) in [5.74, 6) is 0.640. The van der Waals surface area contributed by atoms with Gasteiger partial charge in [-0.15, -0.1) is 0 Å². The molecule has 0 amide bonds. The maximum absolute atomic E-state index is 3.63. The van der Waals surface area contributed by atoms with Crippen molar-refractivity contribution in [1.29, 1.82) is 0 Å². The van der Waals surface area contributed by atoms with E-state index in [1.54, 1.807) is 0 Å². The molecular formula is C12H20BrIN2. The summed E-state index contributed by atoms with van der Waals surface area (Å²) in [6, 6.07) is 0. The van der Waals surface area contributed by atoms with Crippen molar-refractivity contribution < 1.29 is 0 Å². The van der Waals surface area contributed by atoms with Crippen molar-refractivity contribution in [2.75, 3.05) is 31.1 Å². The molecule has 0 aromatic carbocycles. The molecular weight excluding hydrogens is 379 g/mol. The fourth-order valence-electron chi connectivity index (χ4n) is 1.84. The molecule has 1 rings (SSSR count). The maximum Gasteiger partial charge on any atom is 0.0337 e. The summed E-state index contributed by atoms with van der Waals surface area (Å²) >= 11 is 6.07. The van der Waals surface area contributed by atoms with Crippen LogP contribution in [-0.2, 0) is 0 Å². The van der Waals surface area contributed by atoms with Crippen LogP contribution >= 0.6 is 38.5 Å². The number of nitrogens with zero attached hydrogens (tertiary/aromatic N) is 1. The third-order valence-electron chi connectivity index (χ3n) is 2.63. The van der Waals surface area contributed by atoms with E-state index in [2.05, 4.69) is 67.8 Å². The van der Waals surface area contributed by atoms with Gasteiger partial charge in [-0.3, -0.25) is 0 Å². The van der Waals surface area contributed by atoms with Gasteiger partial charge in [-0.2, -0.15) is 0 Å². The first-order valence-electron chi connectivity index (χ1n) is 5.70. The van der Waals surface area contributed by atoms with Gasteiger partial charge in [-0.25, -0.2) is 0 Å². The van der Waals surface area contributed by atoms with Crippen molar-refractivity contribution in [3.05, 3.63) is 22.3 Å². The Bertz CT molecular complexity index is 276. The first kappa shape index (κ1) is 14.5. The molecule has 1 atom stereocenters. The van der Waals surface area contributed by atoms with Crippen LogP contribution in [0.2, 0.25) is 0 Å². The first-order chi connectivity index (χ1) is 7.67. The fourth-order valence-corrected chi connectivity index (χ4v) is 3.17. The summed E-state index contributed by atoms with van der Waals surface area (Å²) in [5.41, 5.74) is 1.37. The first-order valence-corrected chi connectivity index (χ1v) is 8.02. The lowest BCUT2D eigenvalue weighted by atomic mass is 10.0. The van der Waals surface area contributed by atoms with E-state index in [9.17, 15) is 0 Å². The molecule has 0 saturated heterocycles. The van der Waals surface area contributed by atoms with Crippen LogP contribution in [0.4, 0.5) is 0 Å². The molecule has 0 radical (unpaired) electrons. The number of allylic oxidation sites excluding steroid dienone is 3. The minimum absolute atomic E-state index is 0.640. The van der Waals surface area contributed by atoms with Crippen molar-refractivity contribution in [3.8, 4) is 0 Å². The number of hydrogen-bond acceptors (Lipinski definition) is 2. The molecule has 1 unspecified atom stereocenters. The zero-order valence-electron chi connectivity index (χ0n) is 9.97. The highest BCUT2D eigenvalue weighted by atomic mass is 127. The Labute approximate surface area is 121 Å². The highest BCUT2D eigenvalue weighted by molar-refractivity contribution is 14.1. The monoisotopic (exact) mass is 398 g/mol.